The van der Waals surface area contributed by atoms with Gasteiger partial charge < -0.3 is 15.1 Å². The van der Waals surface area contributed by atoms with Gasteiger partial charge in [0.1, 0.15) is 5.69 Å². The van der Waals surface area contributed by atoms with Crippen LogP contribution in [0.5, 0.6) is 0 Å². The molecule has 0 aromatic heterocycles. The van der Waals surface area contributed by atoms with E-state index in [0.29, 0.717) is 22.9 Å². The summed E-state index contributed by atoms with van der Waals surface area (Å²) in [6.45, 7) is 3.71. The fourth-order valence-corrected chi connectivity index (χ4v) is 3.52. The fraction of sp³-hybridized carbons (Fsp3) is 0.364. The summed E-state index contributed by atoms with van der Waals surface area (Å²) < 4.78 is 0. The number of piperidine rings is 1. The summed E-state index contributed by atoms with van der Waals surface area (Å²) in [7, 11) is 3.30. The molecule has 1 aliphatic heterocycles. The van der Waals surface area contributed by atoms with Crippen LogP contribution in [0.15, 0.2) is 42.5 Å². The van der Waals surface area contributed by atoms with Gasteiger partial charge in [0, 0.05) is 50.1 Å². The molecule has 0 unspecified atom stereocenters. The normalized spacial score (nSPS) is 14.3. The van der Waals surface area contributed by atoms with Crippen LogP contribution < -0.4 is 10.2 Å². The Morgan fingerprint density at radius 1 is 1.10 bits per heavy atom. The van der Waals surface area contributed by atoms with Crippen molar-refractivity contribution in [3.63, 3.8) is 0 Å². The first-order valence-corrected chi connectivity index (χ1v) is 9.92. The summed E-state index contributed by atoms with van der Waals surface area (Å²) in [5.41, 5.74) is 1.55. The first-order valence-electron chi connectivity index (χ1n) is 9.92. The van der Waals surface area contributed by atoms with Crippen LogP contribution in [0.4, 0.5) is 17.1 Å². The number of anilines is 2. The molecule has 0 aliphatic carbocycles. The van der Waals surface area contributed by atoms with E-state index < -0.39 is 10.8 Å². The van der Waals surface area contributed by atoms with E-state index >= 15 is 0 Å². The zero-order valence-electron chi connectivity index (χ0n) is 17.4. The third kappa shape index (κ3) is 4.76. The number of benzene rings is 2. The maximum absolute atomic E-state index is 12.7. The van der Waals surface area contributed by atoms with Crippen LogP contribution >= 0.6 is 0 Å². The van der Waals surface area contributed by atoms with Crippen molar-refractivity contribution in [2.75, 3.05) is 37.4 Å². The molecule has 1 fully saturated rings. The second-order valence-corrected chi connectivity index (χ2v) is 7.86. The Hall–Kier alpha value is -3.42. The van der Waals surface area contributed by atoms with Crippen LogP contribution in [-0.4, -0.2) is 48.8 Å². The maximum atomic E-state index is 12.7. The lowest BCUT2D eigenvalue weighted by Crippen LogP contribution is -2.33. The predicted octanol–water partition coefficient (Wildman–Crippen LogP) is 3.79. The molecule has 8 nitrogen and oxygen atoms in total. The number of nitro benzene ring substituents is 1. The number of rotatable bonds is 5. The predicted molar refractivity (Wildman–Crippen MR) is 116 cm³/mol. The zero-order chi connectivity index (χ0) is 21.8. The number of carbonyl (C=O) groups excluding carboxylic acids is 2. The summed E-state index contributed by atoms with van der Waals surface area (Å²) >= 11 is 0. The molecule has 0 saturated carbocycles. The molecule has 0 atom stereocenters. The number of nitrogens with one attached hydrogen (secondary N) is 1. The van der Waals surface area contributed by atoms with E-state index in [1.54, 1.807) is 50.5 Å². The first kappa shape index (κ1) is 21.3. The lowest BCUT2D eigenvalue weighted by Gasteiger charge is -2.31. The van der Waals surface area contributed by atoms with Crippen molar-refractivity contribution in [1.29, 1.82) is 0 Å². The number of carbonyl (C=O) groups is 2. The summed E-state index contributed by atoms with van der Waals surface area (Å²) in [6, 6.07) is 11.2. The molecule has 2 aromatic carbocycles. The molecule has 0 radical (unpaired) electrons. The molecule has 1 saturated heterocycles. The van der Waals surface area contributed by atoms with Gasteiger partial charge in [0.05, 0.1) is 4.92 Å². The highest BCUT2D eigenvalue weighted by atomic mass is 16.6. The molecule has 158 valence electrons. The molecule has 1 aliphatic rings. The van der Waals surface area contributed by atoms with Crippen molar-refractivity contribution in [3.8, 4) is 0 Å². The van der Waals surface area contributed by atoms with Crippen molar-refractivity contribution >= 4 is 28.9 Å². The van der Waals surface area contributed by atoms with E-state index in [9.17, 15) is 19.7 Å². The molecule has 8 heteroatoms. The minimum Gasteiger partial charge on any atom is -0.366 e. The molecule has 1 N–H and O–H groups in total. The van der Waals surface area contributed by atoms with Gasteiger partial charge in [-0.05, 0) is 49.1 Å². The standard InChI is InChI=1S/C22H26N4O4/c1-15-9-11-25(12-10-15)19-8-7-16(14-20(19)26(29)30)21(27)23-18-6-4-5-17(13-18)22(28)24(2)3/h4-8,13-15H,9-12H2,1-3H3,(H,23,27). The second kappa shape index (κ2) is 8.94. The molecule has 2 aromatic rings. The Bertz CT molecular complexity index is 965. The number of hydrogen-bond donors (Lipinski definition) is 1. The van der Waals surface area contributed by atoms with E-state index in [1.165, 1.54) is 11.0 Å². The van der Waals surface area contributed by atoms with E-state index in [-0.39, 0.29) is 17.2 Å². The van der Waals surface area contributed by atoms with Gasteiger partial charge in [0.15, 0.2) is 0 Å². The van der Waals surface area contributed by atoms with Crippen LogP contribution in [0.3, 0.4) is 0 Å². The maximum Gasteiger partial charge on any atom is 0.293 e. The van der Waals surface area contributed by atoms with E-state index in [1.807, 2.05) is 4.90 Å². The minimum absolute atomic E-state index is 0.0752. The average molecular weight is 410 g/mol. The van der Waals surface area contributed by atoms with E-state index in [4.69, 9.17) is 0 Å². The molecule has 1 heterocycles. The summed E-state index contributed by atoms with van der Waals surface area (Å²) in [6.07, 6.45) is 1.98. The van der Waals surface area contributed by atoms with Crippen LogP contribution in [0.1, 0.15) is 40.5 Å². The highest BCUT2D eigenvalue weighted by Crippen LogP contribution is 2.32. The molecule has 0 bridgehead atoms. The monoisotopic (exact) mass is 410 g/mol. The van der Waals surface area contributed by atoms with Crippen molar-refractivity contribution in [1.82, 2.24) is 4.90 Å². The van der Waals surface area contributed by atoms with Gasteiger partial charge in [-0.2, -0.15) is 0 Å². The number of nitrogens with zero attached hydrogens (tertiary/aromatic N) is 3. The van der Waals surface area contributed by atoms with Crippen LogP contribution in [0, 0.1) is 16.0 Å². The van der Waals surface area contributed by atoms with Gasteiger partial charge in [-0.15, -0.1) is 0 Å². The molecule has 3 rings (SSSR count). The lowest BCUT2D eigenvalue weighted by molar-refractivity contribution is -0.384. The Morgan fingerprint density at radius 2 is 1.80 bits per heavy atom. The number of amides is 2. The lowest BCUT2D eigenvalue weighted by atomic mass is 9.98. The van der Waals surface area contributed by atoms with Crippen molar-refractivity contribution < 1.29 is 14.5 Å². The third-order valence-corrected chi connectivity index (χ3v) is 5.33. The van der Waals surface area contributed by atoms with E-state index in [0.717, 1.165) is 25.9 Å². The highest BCUT2D eigenvalue weighted by molar-refractivity contribution is 6.06. The highest BCUT2D eigenvalue weighted by Gasteiger charge is 2.25. The number of hydrogen-bond acceptors (Lipinski definition) is 5. The Labute approximate surface area is 175 Å². The minimum atomic E-state index is -0.466. The SMILES string of the molecule is CC1CCN(c2ccc(C(=O)Nc3cccc(C(=O)N(C)C)c3)cc2[N+](=O)[O-])CC1. The van der Waals surface area contributed by atoms with Gasteiger partial charge in [0.25, 0.3) is 17.5 Å². The van der Waals surface area contributed by atoms with E-state index in [2.05, 4.69) is 12.2 Å². The summed E-state index contributed by atoms with van der Waals surface area (Å²) in [5.74, 6) is -0.0335. The topological polar surface area (TPSA) is 95.8 Å². The van der Waals surface area contributed by atoms with Gasteiger partial charge >= 0.3 is 0 Å². The third-order valence-electron chi connectivity index (χ3n) is 5.33. The van der Waals surface area contributed by atoms with Crippen LogP contribution in [0.25, 0.3) is 0 Å². The summed E-state index contributed by atoms with van der Waals surface area (Å²) in [5, 5.41) is 14.4. The van der Waals surface area contributed by atoms with Crippen molar-refractivity contribution in [3.05, 3.63) is 63.7 Å². The molecule has 2 amide bonds. The molecule has 30 heavy (non-hydrogen) atoms. The van der Waals surface area contributed by atoms with Crippen molar-refractivity contribution in [2.24, 2.45) is 5.92 Å². The largest absolute Gasteiger partial charge is 0.366 e. The molecular formula is C22H26N4O4. The van der Waals surface area contributed by atoms with Crippen LogP contribution in [0.2, 0.25) is 0 Å². The van der Waals surface area contributed by atoms with Gasteiger partial charge in [-0.1, -0.05) is 13.0 Å². The van der Waals surface area contributed by atoms with Crippen LogP contribution in [-0.2, 0) is 0 Å². The molecule has 0 spiro atoms. The zero-order valence-corrected chi connectivity index (χ0v) is 17.4. The van der Waals surface area contributed by atoms with Gasteiger partial charge in [-0.25, -0.2) is 0 Å². The number of nitro groups is 1. The smallest absolute Gasteiger partial charge is 0.293 e. The Balaban J connectivity index is 1.81. The average Bonchev–Trinajstić information content (AvgIpc) is 2.73. The Morgan fingerprint density at radius 3 is 2.43 bits per heavy atom. The van der Waals surface area contributed by atoms with Crippen molar-refractivity contribution in [2.45, 2.75) is 19.8 Å². The van der Waals surface area contributed by atoms with Gasteiger partial charge in [0.2, 0.25) is 0 Å². The quantitative estimate of drug-likeness (QED) is 0.598. The Kier molecular flexibility index (Phi) is 6.34. The van der Waals surface area contributed by atoms with Gasteiger partial charge in [-0.3, -0.25) is 19.7 Å². The first-order chi connectivity index (χ1) is 14.3. The second-order valence-electron chi connectivity index (χ2n) is 7.86. The fourth-order valence-electron chi connectivity index (χ4n) is 3.52. The molecular weight excluding hydrogens is 384 g/mol. The summed E-state index contributed by atoms with van der Waals surface area (Å²) in [4.78, 5) is 39.5.